The Bertz CT molecular complexity index is 376. The van der Waals surface area contributed by atoms with E-state index in [9.17, 15) is 19.8 Å². The van der Waals surface area contributed by atoms with Gasteiger partial charge in [0, 0.05) is 0 Å². The van der Waals surface area contributed by atoms with Crippen LogP contribution in [0, 0.1) is 0 Å². The second-order valence-corrected chi connectivity index (χ2v) is 2.40. The van der Waals surface area contributed by atoms with Crippen molar-refractivity contribution in [3.63, 3.8) is 0 Å². The standard InChI is InChI=1S/C8H8O7.2Li/c1-13-7(11)5-3(9)4(10)6(15-5)8(12)14-2;;/h9-10H,1-2H3;;/q;2*+1/p-2. The van der Waals surface area contributed by atoms with Gasteiger partial charge in [0.25, 0.3) is 0 Å². The molecule has 0 radical (unpaired) electrons. The number of carbonyl (C=O) groups excluding carboxylic acids is 2. The Labute approximate surface area is 120 Å². The van der Waals surface area contributed by atoms with E-state index in [1.165, 1.54) is 0 Å². The summed E-state index contributed by atoms with van der Waals surface area (Å²) in [5, 5.41) is 22.2. The van der Waals surface area contributed by atoms with Gasteiger partial charge in [0.2, 0.25) is 11.5 Å². The number of methoxy groups -OCH3 is 2. The van der Waals surface area contributed by atoms with Crippen LogP contribution in [0.5, 0.6) is 11.5 Å². The van der Waals surface area contributed by atoms with Gasteiger partial charge in [-0.3, -0.25) is 0 Å². The maximum absolute atomic E-state index is 11.1. The first kappa shape index (κ1) is 18.4. The van der Waals surface area contributed by atoms with E-state index in [2.05, 4.69) is 13.9 Å². The Morgan fingerprint density at radius 3 is 1.47 bits per heavy atom. The minimum atomic E-state index is -1.22. The average Bonchev–Trinajstić information content (AvgIpc) is 2.54. The number of furan rings is 1. The molecule has 0 unspecified atom stereocenters. The molecule has 0 aliphatic carbocycles. The summed E-state index contributed by atoms with van der Waals surface area (Å²) < 4.78 is 12.8. The molecule has 0 amide bonds. The molecular weight excluding hydrogens is 222 g/mol. The van der Waals surface area contributed by atoms with Gasteiger partial charge in [-0.05, 0) is 0 Å². The number of carbonyl (C=O) groups is 2. The molecule has 0 saturated carbocycles. The largest absolute Gasteiger partial charge is 1.00 e. The molecule has 17 heavy (non-hydrogen) atoms. The van der Waals surface area contributed by atoms with Crippen LogP contribution in [-0.2, 0) is 9.47 Å². The first-order chi connectivity index (χ1) is 7.02. The number of rotatable bonds is 2. The fourth-order valence-corrected chi connectivity index (χ4v) is 0.855. The van der Waals surface area contributed by atoms with Crippen molar-refractivity contribution >= 4 is 11.9 Å². The van der Waals surface area contributed by atoms with E-state index in [4.69, 9.17) is 0 Å². The van der Waals surface area contributed by atoms with E-state index in [1.807, 2.05) is 0 Å². The van der Waals surface area contributed by atoms with Gasteiger partial charge in [0.15, 0.2) is 0 Å². The van der Waals surface area contributed by atoms with Gasteiger partial charge in [-0.1, -0.05) is 11.5 Å². The summed E-state index contributed by atoms with van der Waals surface area (Å²) in [4.78, 5) is 21.8. The smallest absolute Gasteiger partial charge is 0.870 e. The molecule has 0 N–H and O–H groups in total. The van der Waals surface area contributed by atoms with E-state index in [0.29, 0.717) is 0 Å². The van der Waals surface area contributed by atoms with E-state index >= 15 is 0 Å². The van der Waals surface area contributed by atoms with Crippen LogP contribution < -0.4 is 47.9 Å². The third-order valence-electron chi connectivity index (χ3n) is 1.56. The van der Waals surface area contributed by atoms with E-state index < -0.39 is 35.0 Å². The summed E-state index contributed by atoms with van der Waals surface area (Å²) in [5.74, 6) is -6.34. The van der Waals surface area contributed by atoms with Gasteiger partial charge in [-0.2, -0.15) is 0 Å². The second kappa shape index (κ2) is 7.36. The van der Waals surface area contributed by atoms with Crippen molar-refractivity contribution in [2.45, 2.75) is 0 Å². The van der Waals surface area contributed by atoms with Crippen molar-refractivity contribution in [3.05, 3.63) is 11.5 Å². The van der Waals surface area contributed by atoms with Gasteiger partial charge in [-0.15, -0.1) is 0 Å². The van der Waals surface area contributed by atoms with Crippen molar-refractivity contribution in [3.8, 4) is 11.5 Å². The Kier molecular flexibility index (Phi) is 7.96. The Hall–Kier alpha value is -0.985. The van der Waals surface area contributed by atoms with Gasteiger partial charge < -0.3 is 24.1 Å². The van der Waals surface area contributed by atoms with Crippen LogP contribution in [0.2, 0.25) is 0 Å². The normalized spacial score (nSPS) is 8.59. The molecule has 1 rings (SSSR count). The Balaban J connectivity index is 0. The van der Waals surface area contributed by atoms with Crippen molar-refractivity contribution in [2.24, 2.45) is 0 Å². The maximum Gasteiger partial charge on any atom is 1.00 e. The van der Waals surface area contributed by atoms with E-state index in [0.717, 1.165) is 14.2 Å². The summed E-state index contributed by atoms with van der Waals surface area (Å²) in [6, 6.07) is 0. The van der Waals surface area contributed by atoms with Crippen LogP contribution in [0.1, 0.15) is 21.1 Å². The molecule has 0 atom stereocenters. The van der Waals surface area contributed by atoms with Crippen molar-refractivity contribution in [2.75, 3.05) is 14.2 Å². The third-order valence-corrected chi connectivity index (χ3v) is 1.56. The molecule has 1 heterocycles. The zero-order valence-electron chi connectivity index (χ0n) is 9.86. The van der Waals surface area contributed by atoms with Crippen LogP contribution in [-0.4, -0.2) is 26.2 Å². The zero-order valence-corrected chi connectivity index (χ0v) is 9.86. The zero-order chi connectivity index (χ0) is 11.6. The molecule has 0 aromatic carbocycles. The molecule has 7 nitrogen and oxygen atoms in total. The molecule has 0 spiro atoms. The number of ether oxygens (including phenoxy) is 2. The first-order valence-corrected chi connectivity index (χ1v) is 3.70. The molecular formula is C8H6Li2O7. The van der Waals surface area contributed by atoms with Crippen LogP contribution in [0.4, 0.5) is 0 Å². The number of hydrogen-bond acceptors (Lipinski definition) is 7. The number of hydrogen-bond donors (Lipinski definition) is 0. The van der Waals surface area contributed by atoms with Gasteiger partial charge in [0.1, 0.15) is 0 Å². The maximum atomic E-state index is 11.1. The van der Waals surface area contributed by atoms with Gasteiger partial charge in [-0.25, -0.2) is 9.59 Å². The molecule has 0 saturated heterocycles. The summed E-state index contributed by atoms with van der Waals surface area (Å²) in [6.45, 7) is 0. The minimum Gasteiger partial charge on any atom is -0.870 e. The Morgan fingerprint density at radius 1 is 0.941 bits per heavy atom. The molecule has 1 aromatic rings. The van der Waals surface area contributed by atoms with E-state index in [-0.39, 0.29) is 37.7 Å². The van der Waals surface area contributed by atoms with E-state index in [1.54, 1.807) is 0 Å². The fourth-order valence-electron chi connectivity index (χ4n) is 0.855. The fraction of sp³-hybridized carbons (Fsp3) is 0.250. The quantitative estimate of drug-likeness (QED) is 0.365. The van der Waals surface area contributed by atoms with Crippen LogP contribution in [0.25, 0.3) is 0 Å². The molecule has 0 aliphatic rings. The summed E-state index contributed by atoms with van der Waals surface area (Å²) in [5.41, 5.74) is 0. The minimum absolute atomic E-state index is 0. The summed E-state index contributed by atoms with van der Waals surface area (Å²) >= 11 is 0. The van der Waals surface area contributed by atoms with Crippen molar-refractivity contribution in [1.82, 2.24) is 0 Å². The topological polar surface area (TPSA) is 112 Å². The van der Waals surface area contributed by atoms with Crippen molar-refractivity contribution in [1.29, 1.82) is 0 Å². The van der Waals surface area contributed by atoms with Crippen LogP contribution in [0.3, 0.4) is 0 Å². The first-order valence-electron chi connectivity index (χ1n) is 3.70. The summed E-state index contributed by atoms with van der Waals surface area (Å²) in [7, 11) is 2.01. The second-order valence-electron chi connectivity index (χ2n) is 2.40. The molecule has 0 fully saturated rings. The average molecular weight is 228 g/mol. The van der Waals surface area contributed by atoms with Gasteiger partial charge in [0.05, 0.1) is 14.2 Å². The molecule has 0 bridgehead atoms. The molecule has 82 valence electrons. The molecule has 0 aliphatic heterocycles. The SMILES string of the molecule is COC(=O)c1oc(C(=O)OC)c([O-])c1[O-].[Li+].[Li+]. The van der Waals surface area contributed by atoms with Crippen LogP contribution in [0.15, 0.2) is 4.42 Å². The number of esters is 2. The predicted molar refractivity (Wildman–Crippen MR) is 40.3 cm³/mol. The predicted octanol–water partition coefficient (Wildman–Crippen LogP) is -6.99. The van der Waals surface area contributed by atoms with Crippen molar-refractivity contribution < 1.29 is 71.4 Å². The monoisotopic (exact) mass is 228 g/mol. The molecule has 9 heteroatoms. The van der Waals surface area contributed by atoms with Crippen LogP contribution >= 0.6 is 0 Å². The Morgan fingerprint density at radius 2 is 1.24 bits per heavy atom. The molecule has 1 aromatic heterocycles. The third kappa shape index (κ3) is 3.48. The summed E-state index contributed by atoms with van der Waals surface area (Å²) in [6.07, 6.45) is 0. The van der Waals surface area contributed by atoms with Gasteiger partial charge >= 0.3 is 49.7 Å².